The Hall–Kier alpha value is -3.58. The third kappa shape index (κ3) is 6.15. The van der Waals surface area contributed by atoms with Crippen LogP contribution in [0.4, 0.5) is 0 Å². The molecule has 0 aromatic heterocycles. The number of aliphatic hydroxyl groups excluding tert-OH is 1. The van der Waals surface area contributed by atoms with Crippen LogP contribution >= 0.6 is 0 Å². The summed E-state index contributed by atoms with van der Waals surface area (Å²) in [6.07, 6.45) is 3.65. The van der Waals surface area contributed by atoms with Crippen molar-refractivity contribution < 1.29 is 24.2 Å². The van der Waals surface area contributed by atoms with Gasteiger partial charge >= 0.3 is 0 Å². The monoisotopic (exact) mass is 492 g/mol. The molecule has 1 fully saturated rings. The molecule has 1 heterocycles. The molecule has 0 radical (unpaired) electrons. The van der Waals surface area contributed by atoms with Gasteiger partial charge < -0.3 is 24.4 Å². The van der Waals surface area contributed by atoms with E-state index >= 15 is 0 Å². The lowest BCUT2D eigenvalue weighted by molar-refractivity contribution is -0.140. The van der Waals surface area contributed by atoms with E-state index in [-0.39, 0.29) is 11.3 Å². The number of ketones is 1. The third-order valence-corrected chi connectivity index (χ3v) is 6.11. The zero-order valence-corrected chi connectivity index (χ0v) is 21.6. The number of benzene rings is 2. The quantitative estimate of drug-likeness (QED) is 0.152. The molecule has 1 amide bonds. The lowest BCUT2D eigenvalue weighted by Crippen LogP contribution is -2.35. The first-order chi connectivity index (χ1) is 17.3. The van der Waals surface area contributed by atoms with Crippen molar-refractivity contribution in [3.05, 3.63) is 77.4 Å². The highest BCUT2D eigenvalue weighted by Crippen LogP contribution is 2.40. The molecule has 1 aliphatic rings. The number of unbranched alkanes of at least 4 members (excludes halogenated alkanes) is 1. The fourth-order valence-corrected chi connectivity index (χ4v) is 4.14. The van der Waals surface area contributed by atoms with E-state index in [9.17, 15) is 14.7 Å². The highest BCUT2D eigenvalue weighted by molar-refractivity contribution is 6.46. The van der Waals surface area contributed by atoms with E-state index in [1.807, 2.05) is 44.1 Å². The second-order valence-corrected chi connectivity index (χ2v) is 9.14. The predicted molar refractivity (Wildman–Crippen MR) is 141 cm³/mol. The Labute approximate surface area is 213 Å². The van der Waals surface area contributed by atoms with E-state index in [1.54, 1.807) is 30.3 Å². The predicted octanol–water partition coefficient (Wildman–Crippen LogP) is 4.72. The maximum Gasteiger partial charge on any atom is 0.295 e. The molecular weight excluding hydrogens is 456 g/mol. The van der Waals surface area contributed by atoms with E-state index in [2.05, 4.69) is 13.5 Å². The van der Waals surface area contributed by atoms with Crippen molar-refractivity contribution in [1.82, 2.24) is 9.80 Å². The highest BCUT2D eigenvalue weighted by atomic mass is 16.5. The third-order valence-electron chi connectivity index (χ3n) is 6.11. The van der Waals surface area contributed by atoms with Crippen LogP contribution in [0.3, 0.4) is 0 Å². The summed E-state index contributed by atoms with van der Waals surface area (Å²) in [5.41, 5.74) is 2.06. The van der Waals surface area contributed by atoms with Gasteiger partial charge in [-0.3, -0.25) is 9.59 Å². The number of aliphatic hydroxyl groups is 1. The number of amides is 1. The molecule has 0 spiro atoms. The molecule has 36 heavy (non-hydrogen) atoms. The minimum atomic E-state index is -0.710. The van der Waals surface area contributed by atoms with Crippen molar-refractivity contribution in [1.29, 1.82) is 0 Å². The summed E-state index contributed by atoms with van der Waals surface area (Å²) in [4.78, 5) is 29.8. The smallest absolute Gasteiger partial charge is 0.295 e. The number of hydrogen-bond acceptors (Lipinski definition) is 6. The van der Waals surface area contributed by atoms with Crippen LogP contribution in [0, 0.1) is 6.92 Å². The number of likely N-dealkylation sites (N-methyl/N-ethyl adjacent to an activating group) is 1. The number of carbonyl (C=O) groups excluding carboxylic acids is 2. The second kappa shape index (κ2) is 12.4. The minimum Gasteiger partial charge on any atom is -0.507 e. The molecule has 0 aliphatic carbocycles. The summed E-state index contributed by atoms with van der Waals surface area (Å²) >= 11 is 0. The molecule has 0 bridgehead atoms. The van der Waals surface area contributed by atoms with Gasteiger partial charge in [-0.2, -0.15) is 0 Å². The minimum absolute atomic E-state index is 0.0845. The van der Waals surface area contributed by atoms with Crippen molar-refractivity contribution in [2.75, 3.05) is 40.4 Å². The molecule has 7 nitrogen and oxygen atoms in total. The van der Waals surface area contributed by atoms with Crippen LogP contribution in [0.1, 0.15) is 42.5 Å². The van der Waals surface area contributed by atoms with E-state index in [1.165, 1.54) is 4.90 Å². The van der Waals surface area contributed by atoms with E-state index in [0.29, 0.717) is 43.4 Å². The Balaban J connectivity index is 2.04. The number of hydrogen-bond donors (Lipinski definition) is 1. The van der Waals surface area contributed by atoms with Crippen LogP contribution in [0.2, 0.25) is 0 Å². The van der Waals surface area contributed by atoms with Gasteiger partial charge in [0.05, 0.1) is 18.2 Å². The molecule has 1 atom stereocenters. The van der Waals surface area contributed by atoms with Gasteiger partial charge in [-0.05, 0) is 68.9 Å². The van der Waals surface area contributed by atoms with Crippen molar-refractivity contribution in [2.45, 2.75) is 32.7 Å². The molecule has 1 unspecified atom stereocenters. The zero-order valence-electron chi connectivity index (χ0n) is 21.6. The van der Waals surface area contributed by atoms with Crippen molar-refractivity contribution in [2.24, 2.45) is 0 Å². The Morgan fingerprint density at radius 1 is 1.11 bits per heavy atom. The summed E-state index contributed by atoms with van der Waals surface area (Å²) in [6.45, 7) is 9.51. The Kier molecular flexibility index (Phi) is 9.31. The van der Waals surface area contributed by atoms with E-state index < -0.39 is 17.7 Å². The van der Waals surface area contributed by atoms with Gasteiger partial charge in [0.2, 0.25) is 0 Å². The largest absolute Gasteiger partial charge is 0.507 e. The van der Waals surface area contributed by atoms with Gasteiger partial charge in [-0.15, -0.1) is 0 Å². The zero-order chi connectivity index (χ0) is 26.2. The van der Waals surface area contributed by atoms with Crippen LogP contribution in [-0.2, 0) is 9.59 Å². The van der Waals surface area contributed by atoms with Gasteiger partial charge in [-0.1, -0.05) is 38.1 Å². The summed E-state index contributed by atoms with van der Waals surface area (Å²) in [6, 6.07) is 11.9. The number of nitrogens with zero attached hydrogens (tertiary/aromatic N) is 2. The number of Topliss-reactive ketones (excluding diaryl/α,β-unsaturated/α-hetero) is 1. The fourth-order valence-electron chi connectivity index (χ4n) is 4.14. The highest BCUT2D eigenvalue weighted by Gasteiger charge is 2.46. The van der Waals surface area contributed by atoms with Crippen LogP contribution in [0.15, 0.2) is 60.7 Å². The van der Waals surface area contributed by atoms with Gasteiger partial charge in [0, 0.05) is 18.7 Å². The Morgan fingerprint density at radius 2 is 1.81 bits per heavy atom. The average Bonchev–Trinajstić information content (AvgIpc) is 3.11. The first kappa shape index (κ1) is 27.0. The Morgan fingerprint density at radius 3 is 2.42 bits per heavy atom. The van der Waals surface area contributed by atoms with Crippen molar-refractivity contribution >= 4 is 17.4 Å². The number of ether oxygens (including phenoxy) is 2. The average molecular weight is 493 g/mol. The summed E-state index contributed by atoms with van der Waals surface area (Å²) < 4.78 is 11.4. The van der Waals surface area contributed by atoms with Gasteiger partial charge in [0.15, 0.2) is 0 Å². The lowest BCUT2D eigenvalue weighted by Gasteiger charge is -2.26. The molecule has 0 saturated carbocycles. The van der Waals surface area contributed by atoms with Crippen molar-refractivity contribution in [3.63, 3.8) is 0 Å². The van der Waals surface area contributed by atoms with Crippen LogP contribution < -0.4 is 9.47 Å². The van der Waals surface area contributed by atoms with Gasteiger partial charge in [-0.25, -0.2) is 0 Å². The normalized spacial score (nSPS) is 17.0. The second-order valence-electron chi connectivity index (χ2n) is 9.14. The maximum absolute atomic E-state index is 13.2. The van der Waals surface area contributed by atoms with Gasteiger partial charge in [0.1, 0.15) is 23.9 Å². The summed E-state index contributed by atoms with van der Waals surface area (Å²) in [7, 11) is 3.82. The van der Waals surface area contributed by atoms with Crippen LogP contribution in [0.25, 0.3) is 5.76 Å². The summed E-state index contributed by atoms with van der Waals surface area (Å²) in [5.74, 6) is -0.136. The maximum atomic E-state index is 13.2. The molecule has 1 saturated heterocycles. The lowest BCUT2D eigenvalue weighted by atomic mass is 9.94. The topological polar surface area (TPSA) is 79.3 Å². The van der Waals surface area contributed by atoms with Crippen molar-refractivity contribution in [3.8, 4) is 11.5 Å². The number of likely N-dealkylation sites (tertiary alicyclic amines) is 1. The van der Waals surface area contributed by atoms with Gasteiger partial charge in [0.25, 0.3) is 11.7 Å². The standard InChI is InChI=1S/C29H36N2O5/c1-6-8-18-36-23-13-14-24(20(3)19-23)27(32)25-26(21-9-11-22(12-10-21)35-17-7-2)31(16-15-30(4)5)29(34)28(25)33/h7,9-14,19,26,32H,2,6,8,15-18H2,1,3-5H3/b27-25+. The molecule has 1 N–H and O–H groups in total. The van der Waals surface area contributed by atoms with Crippen LogP contribution in [0.5, 0.6) is 11.5 Å². The molecule has 7 heteroatoms. The number of aryl methyl sites for hydroxylation is 1. The first-order valence-electron chi connectivity index (χ1n) is 12.3. The molecule has 2 aromatic carbocycles. The summed E-state index contributed by atoms with van der Waals surface area (Å²) in [5, 5.41) is 11.4. The molecule has 2 aromatic rings. The first-order valence-corrected chi connectivity index (χ1v) is 12.3. The van der Waals surface area contributed by atoms with E-state index in [4.69, 9.17) is 9.47 Å². The molecule has 3 rings (SSSR count). The van der Waals surface area contributed by atoms with Crippen LogP contribution in [-0.4, -0.2) is 67.0 Å². The van der Waals surface area contributed by atoms with E-state index in [0.717, 1.165) is 24.0 Å². The molecule has 1 aliphatic heterocycles. The molecular formula is C29H36N2O5. The fraction of sp³-hybridized carbons (Fsp3) is 0.379. The number of rotatable bonds is 12. The molecule has 192 valence electrons. The Bertz CT molecular complexity index is 1120. The number of carbonyl (C=O) groups is 2. The SMILES string of the molecule is C=CCOc1ccc(C2/C(=C(\O)c3ccc(OCCCC)cc3C)C(=O)C(=O)N2CCN(C)C)cc1.